The summed E-state index contributed by atoms with van der Waals surface area (Å²) in [6.45, 7) is 3.02. The largest absolute Gasteiger partial charge is 0.301 e. The predicted molar refractivity (Wildman–Crippen MR) is 73.7 cm³/mol. The first-order valence-corrected chi connectivity index (χ1v) is 6.81. The second-order valence-corrected chi connectivity index (χ2v) is 5.08. The van der Waals surface area contributed by atoms with Crippen LogP contribution in [0.25, 0.3) is 0 Å². The van der Waals surface area contributed by atoms with E-state index < -0.39 is 6.04 Å². The summed E-state index contributed by atoms with van der Waals surface area (Å²) in [4.78, 5) is 25.0. The lowest BCUT2D eigenvalue weighted by molar-refractivity contribution is -0.138. The molecule has 0 bridgehead atoms. The summed E-state index contributed by atoms with van der Waals surface area (Å²) in [6.07, 6.45) is 1.05. The predicted octanol–water partition coefficient (Wildman–Crippen LogP) is 1.97. The van der Waals surface area contributed by atoms with Gasteiger partial charge in [0.1, 0.15) is 0 Å². The Morgan fingerprint density at radius 2 is 2.00 bits per heavy atom. The minimum atomic E-state index is -0.394. The lowest BCUT2D eigenvalue weighted by Crippen LogP contribution is -2.38. The van der Waals surface area contributed by atoms with Crippen LogP contribution in [0, 0.1) is 0 Å². The first-order valence-electron chi connectivity index (χ1n) is 6.44. The average Bonchev–Trinajstić information content (AvgIpc) is 2.66. The Hall–Kier alpha value is -1.39. The van der Waals surface area contributed by atoms with Crippen LogP contribution in [0.5, 0.6) is 0 Å². The molecule has 2 amide bonds. The number of carbonyl (C=O) groups excluding carboxylic acids is 2. The topological polar surface area (TPSA) is 49.4 Å². The third-order valence-corrected chi connectivity index (χ3v) is 3.41. The van der Waals surface area contributed by atoms with Crippen molar-refractivity contribution >= 4 is 23.4 Å². The van der Waals surface area contributed by atoms with E-state index in [1.807, 2.05) is 31.2 Å². The standard InChI is InChI=1S/C14H17ClN2O2/c1-2-7-17-13(18)8-12(14(17)19)16-9-10-3-5-11(15)6-4-10/h3-6,12,16H,2,7-9H2,1H3. The van der Waals surface area contributed by atoms with Crippen LogP contribution < -0.4 is 5.32 Å². The Morgan fingerprint density at radius 3 is 2.63 bits per heavy atom. The molecule has 0 saturated carbocycles. The molecule has 0 aliphatic carbocycles. The zero-order valence-corrected chi connectivity index (χ0v) is 11.6. The second kappa shape index (κ2) is 6.17. The fourth-order valence-electron chi connectivity index (χ4n) is 2.14. The van der Waals surface area contributed by atoms with Crippen LogP contribution in [0.3, 0.4) is 0 Å². The van der Waals surface area contributed by atoms with Crippen LogP contribution in [0.4, 0.5) is 0 Å². The van der Waals surface area contributed by atoms with Crippen molar-refractivity contribution in [3.05, 3.63) is 34.9 Å². The number of likely N-dealkylation sites (tertiary alicyclic amines) is 1. The van der Waals surface area contributed by atoms with Gasteiger partial charge in [-0.1, -0.05) is 30.7 Å². The van der Waals surface area contributed by atoms with E-state index in [0.717, 1.165) is 12.0 Å². The molecule has 1 aromatic carbocycles. The van der Waals surface area contributed by atoms with E-state index in [0.29, 0.717) is 18.1 Å². The molecule has 5 heteroatoms. The molecule has 1 N–H and O–H groups in total. The summed E-state index contributed by atoms with van der Waals surface area (Å²) in [7, 11) is 0. The summed E-state index contributed by atoms with van der Waals surface area (Å²) >= 11 is 5.81. The van der Waals surface area contributed by atoms with Gasteiger partial charge in [0, 0.05) is 18.1 Å². The summed E-state index contributed by atoms with van der Waals surface area (Å²) in [6, 6.07) is 7.03. The fourth-order valence-corrected chi connectivity index (χ4v) is 2.27. The molecule has 1 saturated heterocycles. The second-order valence-electron chi connectivity index (χ2n) is 4.65. The van der Waals surface area contributed by atoms with Crippen molar-refractivity contribution in [2.45, 2.75) is 32.4 Å². The molecule has 19 heavy (non-hydrogen) atoms. The van der Waals surface area contributed by atoms with Gasteiger partial charge in [-0.05, 0) is 24.1 Å². The Bertz CT molecular complexity index is 473. The maximum atomic E-state index is 12.0. The molecule has 1 aliphatic rings. The van der Waals surface area contributed by atoms with E-state index in [4.69, 9.17) is 11.6 Å². The van der Waals surface area contributed by atoms with Crippen LogP contribution in [-0.2, 0) is 16.1 Å². The highest BCUT2D eigenvalue weighted by atomic mass is 35.5. The quantitative estimate of drug-likeness (QED) is 0.839. The fraction of sp³-hybridized carbons (Fsp3) is 0.429. The summed E-state index contributed by atoms with van der Waals surface area (Å²) in [5.41, 5.74) is 1.04. The molecule has 1 aliphatic heterocycles. The Morgan fingerprint density at radius 1 is 1.32 bits per heavy atom. The first kappa shape index (κ1) is 14.0. The summed E-state index contributed by atoms with van der Waals surface area (Å²) in [5, 5.41) is 3.82. The van der Waals surface area contributed by atoms with Gasteiger partial charge in [-0.25, -0.2) is 0 Å². The molecular formula is C14H17ClN2O2. The molecule has 4 nitrogen and oxygen atoms in total. The highest BCUT2D eigenvalue weighted by molar-refractivity contribution is 6.30. The number of rotatable bonds is 5. The van der Waals surface area contributed by atoms with E-state index >= 15 is 0 Å². The smallest absolute Gasteiger partial charge is 0.246 e. The molecule has 1 fully saturated rings. The van der Waals surface area contributed by atoms with Gasteiger partial charge in [0.25, 0.3) is 0 Å². The molecule has 1 heterocycles. The molecule has 0 radical (unpaired) electrons. The van der Waals surface area contributed by atoms with E-state index in [-0.39, 0.29) is 18.2 Å². The third-order valence-electron chi connectivity index (χ3n) is 3.16. The van der Waals surface area contributed by atoms with Crippen LogP contribution in [0.15, 0.2) is 24.3 Å². The molecule has 102 valence electrons. The van der Waals surface area contributed by atoms with Gasteiger partial charge in [0.05, 0.1) is 12.5 Å². The summed E-state index contributed by atoms with van der Waals surface area (Å²) in [5.74, 6) is -0.193. The number of nitrogens with zero attached hydrogens (tertiary/aromatic N) is 1. The van der Waals surface area contributed by atoms with Gasteiger partial charge in [-0.15, -0.1) is 0 Å². The van der Waals surface area contributed by atoms with E-state index in [1.165, 1.54) is 4.90 Å². The zero-order chi connectivity index (χ0) is 13.8. The molecule has 1 atom stereocenters. The Balaban J connectivity index is 1.92. The molecule has 1 unspecified atom stereocenters. The van der Waals surface area contributed by atoms with E-state index in [1.54, 1.807) is 0 Å². The van der Waals surface area contributed by atoms with Crippen molar-refractivity contribution in [1.29, 1.82) is 0 Å². The first-order chi connectivity index (χ1) is 9.11. The number of hydrogen-bond donors (Lipinski definition) is 1. The summed E-state index contributed by atoms with van der Waals surface area (Å²) < 4.78 is 0. The minimum absolute atomic E-state index is 0.0829. The lowest BCUT2D eigenvalue weighted by Gasteiger charge is -2.14. The van der Waals surface area contributed by atoms with E-state index in [9.17, 15) is 9.59 Å². The highest BCUT2D eigenvalue weighted by Gasteiger charge is 2.37. The Labute approximate surface area is 117 Å². The zero-order valence-electron chi connectivity index (χ0n) is 10.9. The number of halogens is 1. The lowest BCUT2D eigenvalue weighted by atomic mass is 10.2. The normalized spacial score (nSPS) is 19.3. The van der Waals surface area contributed by atoms with Crippen LogP contribution in [-0.4, -0.2) is 29.3 Å². The minimum Gasteiger partial charge on any atom is -0.301 e. The average molecular weight is 281 g/mol. The van der Waals surface area contributed by atoms with Crippen molar-refractivity contribution in [2.75, 3.05) is 6.54 Å². The van der Waals surface area contributed by atoms with Crippen LogP contribution >= 0.6 is 11.6 Å². The van der Waals surface area contributed by atoms with Crippen molar-refractivity contribution in [3.8, 4) is 0 Å². The SMILES string of the molecule is CCCN1C(=O)CC(NCc2ccc(Cl)cc2)C1=O. The maximum absolute atomic E-state index is 12.0. The third kappa shape index (κ3) is 3.33. The van der Waals surface area contributed by atoms with Gasteiger partial charge in [0.15, 0.2) is 0 Å². The highest BCUT2D eigenvalue weighted by Crippen LogP contribution is 2.15. The number of nitrogens with one attached hydrogen (secondary N) is 1. The van der Waals surface area contributed by atoms with Crippen molar-refractivity contribution in [1.82, 2.24) is 10.2 Å². The maximum Gasteiger partial charge on any atom is 0.246 e. The van der Waals surface area contributed by atoms with Gasteiger partial charge < -0.3 is 5.32 Å². The monoisotopic (exact) mass is 280 g/mol. The molecule has 1 aromatic rings. The van der Waals surface area contributed by atoms with Gasteiger partial charge in [-0.2, -0.15) is 0 Å². The van der Waals surface area contributed by atoms with Crippen molar-refractivity contribution in [3.63, 3.8) is 0 Å². The Kier molecular flexibility index (Phi) is 4.56. The van der Waals surface area contributed by atoms with Crippen LogP contribution in [0.2, 0.25) is 5.02 Å². The number of amides is 2. The number of imide groups is 1. The van der Waals surface area contributed by atoms with Gasteiger partial charge in [-0.3, -0.25) is 14.5 Å². The van der Waals surface area contributed by atoms with Gasteiger partial charge in [0.2, 0.25) is 11.8 Å². The molecule has 0 spiro atoms. The molecule has 2 rings (SSSR count). The van der Waals surface area contributed by atoms with E-state index in [2.05, 4.69) is 5.32 Å². The van der Waals surface area contributed by atoms with Crippen molar-refractivity contribution < 1.29 is 9.59 Å². The van der Waals surface area contributed by atoms with Crippen molar-refractivity contribution in [2.24, 2.45) is 0 Å². The molecular weight excluding hydrogens is 264 g/mol. The molecule has 0 aromatic heterocycles. The van der Waals surface area contributed by atoms with Crippen LogP contribution in [0.1, 0.15) is 25.3 Å². The number of carbonyl (C=O) groups is 2. The van der Waals surface area contributed by atoms with Gasteiger partial charge >= 0.3 is 0 Å². The number of hydrogen-bond acceptors (Lipinski definition) is 3. The number of benzene rings is 1.